The number of carbonyl (C=O) groups excluding carboxylic acids is 1. The molecule has 1 spiro atoms. The molecule has 2 fully saturated rings. The summed E-state index contributed by atoms with van der Waals surface area (Å²) in [7, 11) is 0. The SMILES string of the molecule is CC1(C)COC(=O)C2(CCCC2)N1O. The Bertz CT molecular complexity index is 256. The quantitative estimate of drug-likeness (QED) is 0.598. The Balaban J connectivity index is 2.32. The van der Waals surface area contributed by atoms with E-state index in [1.54, 1.807) is 0 Å². The lowest BCUT2D eigenvalue weighted by Crippen LogP contribution is -2.65. The van der Waals surface area contributed by atoms with Gasteiger partial charge in [0.2, 0.25) is 0 Å². The molecule has 0 aromatic carbocycles. The van der Waals surface area contributed by atoms with Gasteiger partial charge in [0.15, 0.2) is 0 Å². The van der Waals surface area contributed by atoms with Crippen LogP contribution in [-0.4, -0.2) is 33.9 Å². The molecule has 1 saturated heterocycles. The van der Waals surface area contributed by atoms with Crippen LogP contribution in [0.5, 0.6) is 0 Å². The monoisotopic (exact) mass is 199 g/mol. The van der Waals surface area contributed by atoms with Crippen molar-refractivity contribution in [2.45, 2.75) is 50.6 Å². The molecule has 1 aliphatic heterocycles. The van der Waals surface area contributed by atoms with E-state index in [0.717, 1.165) is 12.8 Å². The van der Waals surface area contributed by atoms with Crippen LogP contribution >= 0.6 is 0 Å². The highest BCUT2D eigenvalue weighted by molar-refractivity contribution is 5.82. The van der Waals surface area contributed by atoms with E-state index in [9.17, 15) is 10.0 Å². The van der Waals surface area contributed by atoms with Crippen molar-refractivity contribution in [1.82, 2.24) is 5.06 Å². The molecule has 0 amide bonds. The molecule has 4 nitrogen and oxygen atoms in total. The van der Waals surface area contributed by atoms with Crippen molar-refractivity contribution >= 4 is 5.97 Å². The van der Waals surface area contributed by atoms with Crippen molar-refractivity contribution in [2.75, 3.05) is 6.61 Å². The first kappa shape index (κ1) is 9.93. The average Bonchev–Trinajstić information content (AvgIpc) is 2.60. The molecule has 0 aromatic heterocycles. The molecular formula is C10H17NO3. The Morgan fingerprint density at radius 3 is 2.50 bits per heavy atom. The van der Waals surface area contributed by atoms with E-state index in [2.05, 4.69) is 0 Å². The van der Waals surface area contributed by atoms with Gasteiger partial charge >= 0.3 is 5.97 Å². The smallest absolute Gasteiger partial charge is 0.329 e. The number of nitrogens with zero attached hydrogens (tertiary/aromatic N) is 1. The molecule has 4 heteroatoms. The summed E-state index contributed by atoms with van der Waals surface area (Å²) in [5.41, 5.74) is -1.21. The minimum atomic E-state index is -0.748. The van der Waals surface area contributed by atoms with Gasteiger partial charge in [0.1, 0.15) is 12.1 Å². The fraction of sp³-hybridized carbons (Fsp3) is 0.900. The second-order valence-electron chi connectivity index (χ2n) is 4.94. The maximum absolute atomic E-state index is 11.7. The van der Waals surface area contributed by atoms with Crippen LogP contribution < -0.4 is 0 Å². The maximum Gasteiger partial charge on any atom is 0.329 e. The van der Waals surface area contributed by atoms with E-state index in [-0.39, 0.29) is 12.6 Å². The Labute approximate surface area is 83.8 Å². The number of hydrogen-bond acceptors (Lipinski definition) is 4. The summed E-state index contributed by atoms with van der Waals surface area (Å²) in [4.78, 5) is 11.7. The van der Waals surface area contributed by atoms with Crippen molar-refractivity contribution < 1.29 is 14.7 Å². The molecule has 80 valence electrons. The van der Waals surface area contributed by atoms with Gasteiger partial charge < -0.3 is 9.94 Å². The largest absolute Gasteiger partial charge is 0.462 e. The van der Waals surface area contributed by atoms with Gasteiger partial charge in [-0.25, -0.2) is 4.79 Å². The summed E-state index contributed by atoms with van der Waals surface area (Å²) in [5.74, 6) is -0.253. The van der Waals surface area contributed by atoms with E-state index < -0.39 is 11.1 Å². The molecule has 14 heavy (non-hydrogen) atoms. The van der Waals surface area contributed by atoms with Gasteiger partial charge in [-0.05, 0) is 26.7 Å². The molecular weight excluding hydrogens is 182 g/mol. The highest BCUT2D eigenvalue weighted by Gasteiger charge is 2.55. The van der Waals surface area contributed by atoms with Gasteiger partial charge in [-0.2, -0.15) is 5.06 Å². The first-order valence-electron chi connectivity index (χ1n) is 5.15. The zero-order valence-corrected chi connectivity index (χ0v) is 8.75. The molecule has 0 aromatic rings. The molecule has 2 aliphatic rings. The lowest BCUT2D eigenvalue weighted by Gasteiger charge is -2.47. The third kappa shape index (κ3) is 1.17. The van der Waals surface area contributed by atoms with E-state index in [1.807, 2.05) is 13.8 Å². The maximum atomic E-state index is 11.7. The number of hydroxylamine groups is 2. The summed E-state index contributed by atoms with van der Waals surface area (Å²) in [5, 5.41) is 11.3. The van der Waals surface area contributed by atoms with E-state index in [0.29, 0.717) is 12.8 Å². The topological polar surface area (TPSA) is 49.8 Å². The van der Waals surface area contributed by atoms with Gasteiger partial charge in [0.05, 0.1) is 5.54 Å². The third-order valence-electron chi connectivity index (χ3n) is 3.35. The van der Waals surface area contributed by atoms with Crippen LogP contribution in [0.1, 0.15) is 39.5 Å². The number of rotatable bonds is 0. The number of ether oxygens (including phenoxy) is 1. The second-order valence-corrected chi connectivity index (χ2v) is 4.94. The van der Waals surface area contributed by atoms with E-state index in [4.69, 9.17) is 4.74 Å². The van der Waals surface area contributed by atoms with Crippen LogP contribution in [-0.2, 0) is 9.53 Å². The van der Waals surface area contributed by atoms with Crippen LogP contribution in [0, 0.1) is 0 Å². The predicted octanol–water partition coefficient (Wildman–Crippen LogP) is 1.33. The van der Waals surface area contributed by atoms with Gasteiger partial charge in [-0.3, -0.25) is 0 Å². The molecule has 1 saturated carbocycles. The molecule has 1 N–H and O–H groups in total. The van der Waals surface area contributed by atoms with Crippen molar-refractivity contribution in [3.8, 4) is 0 Å². The Hall–Kier alpha value is -0.610. The molecule has 0 radical (unpaired) electrons. The van der Waals surface area contributed by atoms with Crippen molar-refractivity contribution in [3.05, 3.63) is 0 Å². The van der Waals surface area contributed by atoms with Gasteiger partial charge in [0.25, 0.3) is 0 Å². The number of hydrogen-bond donors (Lipinski definition) is 1. The predicted molar refractivity (Wildman–Crippen MR) is 49.9 cm³/mol. The molecule has 1 aliphatic carbocycles. The van der Waals surface area contributed by atoms with Crippen LogP contribution in [0.4, 0.5) is 0 Å². The third-order valence-corrected chi connectivity index (χ3v) is 3.35. The van der Waals surface area contributed by atoms with Gasteiger partial charge in [-0.1, -0.05) is 12.8 Å². The zero-order valence-electron chi connectivity index (χ0n) is 8.75. The van der Waals surface area contributed by atoms with Crippen LogP contribution in [0.3, 0.4) is 0 Å². The van der Waals surface area contributed by atoms with Crippen molar-refractivity contribution in [1.29, 1.82) is 0 Å². The molecule has 0 atom stereocenters. The average molecular weight is 199 g/mol. The Morgan fingerprint density at radius 2 is 1.93 bits per heavy atom. The summed E-state index contributed by atoms with van der Waals surface area (Å²) in [6, 6.07) is 0. The standard InChI is InChI=1S/C10H17NO3/c1-9(2)7-14-8(12)10(11(9)13)5-3-4-6-10/h13H,3-7H2,1-2H3. The molecule has 1 heterocycles. The van der Waals surface area contributed by atoms with Crippen LogP contribution in [0.25, 0.3) is 0 Å². The van der Waals surface area contributed by atoms with E-state index >= 15 is 0 Å². The highest BCUT2D eigenvalue weighted by atomic mass is 16.6. The van der Waals surface area contributed by atoms with E-state index in [1.165, 1.54) is 5.06 Å². The first-order chi connectivity index (χ1) is 6.49. The summed E-state index contributed by atoms with van der Waals surface area (Å²) >= 11 is 0. The Kier molecular flexibility index (Phi) is 2.08. The molecule has 0 unspecified atom stereocenters. The fourth-order valence-corrected chi connectivity index (χ4v) is 2.48. The zero-order chi connectivity index (χ0) is 10.4. The van der Waals surface area contributed by atoms with Crippen LogP contribution in [0.15, 0.2) is 0 Å². The van der Waals surface area contributed by atoms with Gasteiger partial charge in [0, 0.05) is 0 Å². The fourth-order valence-electron chi connectivity index (χ4n) is 2.48. The summed E-state index contributed by atoms with van der Waals surface area (Å²) in [6.45, 7) is 4.04. The minimum Gasteiger partial charge on any atom is -0.462 e. The number of morpholine rings is 1. The highest BCUT2D eigenvalue weighted by Crippen LogP contribution is 2.41. The number of esters is 1. The normalized spacial score (nSPS) is 30.6. The second kappa shape index (κ2) is 2.94. The number of carbonyl (C=O) groups is 1. The number of cyclic esters (lactones) is 1. The Morgan fingerprint density at radius 1 is 1.36 bits per heavy atom. The van der Waals surface area contributed by atoms with Crippen molar-refractivity contribution in [3.63, 3.8) is 0 Å². The van der Waals surface area contributed by atoms with Crippen LogP contribution in [0.2, 0.25) is 0 Å². The lowest BCUT2D eigenvalue weighted by atomic mass is 9.89. The first-order valence-corrected chi connectivity index (χ1v) is 5.15. The molecule has 2 rings (SSSR count). The van der Waals surface area contributed by atoms with Gasteiger partial charge in [-0.15, -0.1) is 0 Å². The lowest BCUT2D eigenvalue weighted by molar-refractivity contribution is -0.270. The minimum absolute atomic E-state index is 0.253. The summed E-state index contributed by atoms with van der Waals surface area (Å²) < 4.78 is 5.16. The molecule has 0 bridgehead atoms. The summed E-state index contributed by atoms with van der Waals surface area (Å²) in [6.07, 6.45) is 3.40. The van der Waals surface area contributed by atoms with Crippen molar-refractivity contribution in [2.24, 2.45) is 0 Å².